The summed E-state index contributed by atoms with van der Waals surface area (Å²) in [4.78, 5) is 0. The lowest BCUT2D eigenvalue weighted by Gasteiger charge is -2.04. The van der Waals surface area contributed by atoms with E-state index in [0.717, 1.165) is 22.5 Å². The highest BCUT2D eigenvalue weighted by molar-refractivity contribution is 9.10. The zero-order chi connectivity index (χ0) is 10.8. The van der Waals surface area contributed by atoms with E-state index in [1.54, 1.807) is 6.07 Å². The van der Waals surface area contributed by atoms with Gasteiger partial charge in [-0.1, -0.05) is 29.3 Å². The van der Waals surface area contributed by atoms with Gasteiger partial charge in [0.05, 0.1) is 0 Å². The van der Waals surface area contributed by atoms with Crippen molar-refractivity contribution in [2.24, 2.45) is 5.92 Å². The molecule has 0 heterocycles. The third-order valence-corrected chi connectivity index (χ3v) is 3.40. The molecule has 2 rings (SSSR count). The molecule has 0 bridgehead atoms. The summed E-state index contributed by atoms with van der Waals surface area (Å²) in [6.45, 7) is 2.97. The second-order valence-corrected chi connectivity index (χ2v) is 5.08. The summed E-state index contributed by atoms with van der Waals surface area (Å²) in [5.74, 6) is 0.658. The van der Waals surface area contributed by atoms with E-state index in [1.165, 1.54) is 18.9 Å². The van der Waals surface area contributed by atoms with Crippen molar-refractivity contribution >= 4 is 15.9 Å². The van der Waals surface area contributed by atoms with Crippen molar-refractivity contribution in [2.75, 3.05) is 0 Å². The molecule has 2 atom stereocenters. The third-order valence-electron chi connectivity index (χ3n) is 2.94. The summed E-state index contributed by atoms with van der Waals surface area (Å²) in [6, 6.07) is 5.67. The fourth-order valence-electron chi connectivity index (χ4n) is 1.91. The van der Waals surface area contributed by atoms with Gasteiger partial charge in [0.15, 0.2) is 0 Å². The van der Waals surface area contributed by atoms with E-state index in [1.807, 2.05) is 6.07 Å². The van der Waals surface area contributed by atoms with Gasteiger partial charge in [-0.3, -0.25) is 0 Å². The Morgan fingerprint density at radius 3 is 2.87 bits per heavy atom. The van der Waals surface area contributed by atoms with Gasteiger partial charge >= 0.3 is 0 Å². The molecule has 0 aliphatic heterocycles. The van der Waals surface area contributed by atoms with Crippen molar-refractivity contribution in [1.29, 1.82) is 0 Å². The highest BCUT2D eigenvalue weighted by Crippen LogP contribution is 2.33. The molecule has 0 saturated heterocycles. The Balaban J connectivity index is 1.88. The second kappa shape index (κ2) is 4.62. The van der Waals surface area contributed by atoms with Gasteiger partial charge in [0.1, 0.15) is 5.82 Å². The highest BCUT2D eigenvalue weighted by atomic mass is 79.9. The quantitative estimate of drug-likeness (QED) is 0.884. The second-order valence-electron chi connectivity index (χ2n) is 4.17. The number of hydrogen-bond donors (Lipinski definition) is 1. The predicted molar refractivity (Wildman–Crippen MR) is 63.1 cm³/mol. The summed E-state index contributed by atoms with van der Waals surface area (Å²) >= 11 is 3.29. The summed E-state index contributed by atoms with van der Waals surface area (Å²) in [5.41, 5.74) is 1.00. The van der Waals surface area contributed by atoms with Gasteiger partial charge in [-0.25, -0.2) is 4.39 Å². The lowest BCUT2D eigenvalue weighted by Crippen LogP contribution is -2.17. The largest absolute Gasteiger partial charge is 0.310 e. The molecule has 0 aromatic heterocycles. The first kappa shape index (κ1) is 11.1. The van der Waals surface area contributed by atoms with Gasteiger partial charge in [0, 0.05) is 17.1 Å². The minimum atomic E-state index is -0.177. The molecule has 0 radical (unpaired) electrons. The molecule has 0 amide bonds. The first-order chi connectivity index (χ1) is 7.19. The maximum Gasteiger partial charge on any atom is 0.124 e. The van der Waals surface area contributed by atoms with Crippen LogP contribution in [0.2, 0.25) is 0 Å². The molecule has 1 aliphatic carbocycles. The Labute approximate surface area is 98.2 Å². The Morgan fingerprint density at radius 2 is 2.27 bits per heavy atom. The van der Waals surface area contributed by atoms with Crippen LogP contribution in [0.5, 0.6) is 0 Å². The maximum absolute atomic E-state index is 13.1. The van der Waals surface area contributed by atoms with E-state index >= 15 is 0 Å². The predicted octanol–water partition coefficient (Wildman–Crippen LogP) is 3.48. The molecule has 3 heteroatoms. The standard InChI is InChI=1S/C12H15BrFN/c1-2-9-5-12(9)15-7-8-3-10(13)6-11(14)4-8/h3-4,6,9,12,15H,2,5,7H2,1H3. The average Bonchev–Trinajstić information content (AvgIpc) is 2.91. The molecular formula is C12H15BrFN. The Morgan fingerprint density at radius 1 is 1.47 bits per heavy atom. The first-order valence-corrected chi connectivity index (χ1v) is 6.16. The SMILES string of the molecule is CCC1CC1NCc1cc(F)cc(Br)c1. The Hall–Kier alpha value is -0.410. The lowest BCUT2D eigenvalue weighted by atomic mass is 10.2. The van der Waals surface area contributed by atoms with Crippen molar-refractivity contribution < 1.29 is 4.39 Å². The molecule has 15 heavy (non-hydrogen) atoms. The topological polar surface area (TPSA) is 12.0 Å². The first-order valence-electron chi connectivity index (χ1n) is 5.37. The van der Waals surface area contributed by atoms with Crippen LogP contribution >= 0.6 is 15.9 Å². The fourth-order valence-corrected chi connectivity index (χ4v) is 2.42. The number of hydrogen-bond acceptors (Lipinski definition) is 1. The summed E-state index contributed by atoms with van der Waals surface area (Å²) in [6.07, 6.45) is 2.51. The van der Waals surface area contributed by atoms with E-state index < -0.39 is 0 Å². The van der Waals surface area contributed by atoms with Crippen LogP contribution in [0.3, 0.4) is 0 Å². The van der Waals surface area contributed by atoms with Crippen LogP contribution in [-0.2, 0) is 6.54 Å². The van der Waals surface area contributed by atoms with Crippen molar-refractivity contribution in [3.8, 4) is 0 Å². The summed E-state index contributed by atoms with van der Waals surface area (Å²) in [7, 11) is 0. The number of nitrogens with one attached hydrogen (secondary N) is 1. The van der Waals surface area contributed by atoms with Gasteiger partial charge in [-0.05, 0) is 36.1 Å². The van der Waals surface area contributed by atoms with Crippen LogP contribution in [0.15, 0.2) is 22.7 Å². The van der Waals surface area contributed by atoms with E-state index in [-0.39, 0.29) is 5.82 Å². The molecule has 1 N–H and O–H groups in total. The molecule has 1 saturated carbocycles. The minimum absolute atomic E-state index is 0.177. The molecule has 1 aromatic carbocycles. The van der Waals surface area contributed by atoms with Crippen LogP contribution in [-0.4, -0.2) is 6.04 Å². The van der Waals surface area contributed by atoms with Crippen LogP contribution in [0.25, 0.3) is 0 Å². The van der Waals surface area contributed by atoms with Crippen molar-refractivity contribution in [3.05, 3.63) is 34.1 Å². The molecule has 1 fully saturated rings. The number of benzene rings is 1. The third kappa shape index (κ3) is 3.02. The monoisotopic (exact) mass is 271 g/mol. The van der Waals surface area contributed by atoms with E-state index in [2.05, 4.69) is 28.2 Å². The fraction of sp³-hybridized carbons (Fsp3) is 0.500. The van der Waals surface area contributed by atoms with Crippen LogP contribution in [0.1, 0.15) is 25.3 Å². The van der Waals surface area contributed by atoms with E-state index in [9.17, 15) is 4.39 Å². The maximum atomic E-state index is 13.1. The molecule has 82 valence electrons. The van der Waals surface area contributed by atoms with E-state index in [0.29, 0.717) is 6.04 Å². The molecule has 1 nitrogen and oxygen atoms in total. The number of rotatable bonds is 4. The normalized spacial score (nSPS) is 24.2. The molecule has 1 aromatic rings. The van der Waals surface area contributed by atoms with Crippen molar-refractivity contribution in [1.82, 2.24) is 5.32 Å². The van der Waals surface area contributed by atoms with Gasteiger partial charge in [-0.15, -0.1) is 0 Å². The van der Waals surface area contributed by atoms with Gasteiger partial charge < -0.3 is 5.32 Å². The molecule has 1 aliphatic rings. The summed E-state index contributed by atoms with van der Waals surface area (Å²) < 4.78 is 13.9. The van der Waals surface area contributed by atoms with Crippen LogP contribution < -0.4 is 5.32 Å². The van der Waals surface area contributed by atoms with Gasteiger partial charge in [0.25, 0.3) is 0 Å². The van der Waals surface area contributed by atoms with Crippen molar-refractivity contribution in [3.63, 3.8) is 0 Å². The van der Waals surface area contributed by atoms with Crippen LogP contribution in [0.4, 0.5) is 4.39 Å². The van der Waals surface area contributed by atoms with Crippen LogP contribution in [0, 0.1) is 11.7 Å². The zero-order valence-electron chi connectivity index (χ0n) is 8.76. The van der Waals surface area contributed by atoms with Gasteiger partial charge in [0.2, 0.25) is 0 Å². The minimum Gasteiger partial charge on any atom is -0.310 e. The smallest absolute Gasteiger partial charge is 0.124 e. The lowest BCUT2D eigenvalue weighted by molar-refractivity contribution is 0.606. The molecule has 2 unspecified atom stereocenters. The number of halogens is 2. The zero-order valence-corrected chi connectivity index (χ0v) is 10.3. The highest BCUT2D eigenvalue weighted by Gasteiger charge is 2.34. The van der Waals surface area contributed by atoms with E-state index in [4.69, 9.17) is 0 Å². The Bertz CT molecular complexity index is 333. The Kier molecular flexibility index (Phi) is 3.42. The molecule has 0 spiro atoms. The molecular weight excluding hydrogens is 257 g/mol. The summed E-state index contributed by atoms with van der Waals surface area (Å²) in [5, 5.41) is 3.44. The average molecular weight is 272 g/mol. The van der Waals surface area contributed by atoms with Crippen molar-refractivity contribution in [2.45, 2.75) is 32.4 Å². The van der Waals surface area contributed by atoms with Gasteiger partial charge in [-0.2, -0.15) is 0 Å².